The van der Waals surface area contributed by atoms with Crippen LogP contribution in [0.1, 0.15) is 79.6 Å². The van der Waals surface area contributed by atoms with Gasteiger partial charge in [-0.1, -0.05) is 34.6 Å². The van der Waals surface area contributed by atoms with Crippen LogP contribution in [0, 0.1) is 57.2 Å². The van der Waals surface area contributed by atoms with Crippen molar-refractivity contribution in [2.45, 2.75) is 85.7 Å². The first-order valence-electron chi connectivity index (χ1n) is 12.3. The molecule has 4 heteroatoms. The number of cyclic esters (lactones) is 1. The van der Waals surface area contributed by atoms with E-state index in [1.54, 1.807) is 0 Å². The zero-order valence-corrected chi connectivity index (χ0v) is 19.3. The fraction of sp³-hybridized carbons (Fsp3) is 0.923. The Hall–Kier alpha value is -1.06. The molecule has 9 atom stereocenters. The van der Waals surface area contributed by atoms with Crippen molar-refractivity contribution in [3.05, 3.63) is 0 Å². The molecule has 1 aliphatic heterocycles. The zero-order chi connectivity index (χ0) is 21.3. The van der Waals surface area contributed by atoms with Gasteiger partial charge in [0.25, 0.3) is 0 Å². The van der Waals surface area contributed by atoms with E-state index in [4.69, 9.17) is 9.47 Å². The molecule has 4 nitrogen and oxygen atoms in total. The van der Waals surface area contributed by atoms with E-state index in [9.17, 15) is 9.59 Å². The van der Waals surface area contributed by atoms with Gasteiger partial charge in [0.2, 0.25) is 0 Å². The minimum atomic E-state index is -0.298. The van der Waals surface area contributed by atoms with Crippen molar-refractivity contribution in [1.82, 2.24) is 0 Å². The summed E-state index contributed by atoms with van der Waals surface area (Å²) in [5.74, 6) is 4.18. The molecule has 166 valence electrons. The number of rotatable bonds is 3. The topological polar surface area (TPSA) is 52.6 Å². The molecule has 0 amide bonds. The highest BCUT2D eigenvalue weighted by Gasteiger charge is 2.72. The minimum Gasteiger partial charge on any atom is -0.465 e. The summed E-state index contributed by atoms with van der Waals surface area (Å²) < 4.78 is 11.9. The molecule has 1 saturated heterocycles. The number of carbonyl (C=O) groups is 2. The largest absolute Gasteiger partial charge is 0.465 e. The third-order valence-electron chi connectivity index (χ3n) is 10.5. The molecule has 0 aromatic heterocycles. The number of esters is 2. The van der Waals surface area contributed by atoms with E-state index < -0.39 is 0 Å². The summed E-state index contributed by atoms with van der Waals surface area (Å²) in [4.78, 5) is 25.5. The second-order valence-electron chi connectivity index (χ2n) is 13.9. The Balaban J connectivity index is 1.20. The maximum atomic E-state index is 13.5. The van der Waals surface area contributed by atoms with Gasteiger partial charge in [-0.25, -0.2) is 0 Å². The Morgan fingerprint density at radius 3 is 2.47 bits per heavy atom. The van der Waals surface area contributed by atoms with E-state index in [1.165, 1.54) is 19.3 Å². The van der Waals surface area contributed by atoms with Crippen LogP contribution in [-0.4, -0.2) is 24.6 Å². The van der Waals surface area contributed by atoms with Crippen LogP contribution in [0.4, 0.5) is 0 Å². The maximum Gasteiger partial charge on any atom is 0.312 e. The molecule has 0 aromatic carbocycles. The fourth-order valence-corrected chi connectivity index (χ4v) is 9.55. The van der Waals surface area contributed by atoms with Crippen LogP contribution < -0.4 is 0 Å². The average Bonchev–Trinajstić information content (AvgIpc) is 3.22. The number of carbonyl (C=O) groups excluding carboxylic acids is 2. The Morgan fingerprint density at radius 1 is 1.13 bits per heavy atom. The molecule has 1 heterocycles. The summed E-state index contributed by atoms with van der Waals surface area (Å²) in [5, 5.41) is 0. The van der Waals surface area contributed by atoms with Crippen LogP contribution in [-0.2, 0) is 19.1 Å². The van der Waals surface area contributed by atoms with E-state index in [2.05, 4.69) is 34.6 Å². The van der Waals surface area contributed by atoms with Crippen molar-refractivity contribution in [2.75, 3.05) is 6.61 Å². The first-order chi connectivity index (χ1) is 13.9. The van der Waals surface area contributed by atoms with Crippen molar-refractivity contribution < 1.29 is 19.1 Å². The van der Waals surface area contributed by atoms with Crippen molar-refractivity contribution in [3.63, 3.8) is 0 Å². The van der Waals surface area contributed by atoms with Crippen molar-refractivity contribution >= 4 is 11.9 Å². The lowest BCUT2D eigenvalue weighted by atomic mass is 9.60. The Labute approximate surface area is 180 Å². The standard InChI is InChI=1S/C26H38O4/c1-23(2,3)11-26(12-24(26,4)5)22(28)30-18-8-14-6-16(18)21-17-7-15(20(14)21)9-25(17)10-19(27)29-13-25/h14-18,20-21H,6-13H2,1-5H3. The molecule has 5 aliphatic carbocycles. The zero-order valence-electron chi connectivity index (χ0n) is 19.3. The molecule has 6 aliphatic rings. The lowest BCUT2D eigenvalue weighted by molar-refractivity contribution is -0.164. The Kier molecular flexibility index (Phi) is 3.69. The summed E-state index contributed by atoms with van der Waals surface area (Å²) in [7, 11) is 0. The van der Waals surface area contributed by atoms with Crippen LogP contribution in [0.15, 0.2) is 0 Å². The minimum absolute atomic E-state index is 0.00493. The lowest BCUT2D eigenvalue weighted by Crippen LogP contribution is -2.45. The molecular weight excluding hydrogens is 376 g/mol. The predicted molar refractivity (Wildman–Crippen MR) is 112 cm³/mol. The number of fused-ring (bicyclic) bond motifs is 10. The third kappa shape index (κ3) is 2.45. The van der Waals surface area contributed by atoms with Gasteiger partial charge in [0.05, 0.1) is 18.4 Å². The Bertz CT molecular complexity index is 808. The van der Waals surface area contributed by atoms with Crippen molar-refractivity contribution in [3.8, 4) is 0 Å². The summed E-state index contributed by atoms with van der Waals surface area (Å²) in [6.45, 7) is 11.8. The van der Waals surface area contributed by atoms with E-state index in [0.717, 1.165) is 37.0 Å². The molecule has 1 spiro atoms. The SMILES string of the molecule is CC(C)(C)CC1(C(=O)OC2CC3CC2C2C3C3CC2C2(COC(=O)C2)C3)CC1(C)C. The smallest absolute Gasteiger partial charge is 0.312 e. The highest BCUT2D eigenvalue weighted by Crippen LogP contribution is 2.74. The third-order valence-corrected chi connectivity index (χ3v) is 10.5. The maximum absolute atomic E-state index is 13.5. The normalized spacial score (nSPS) is 52.0. The van der Waals surface area contributed by atoms with Gasteiger partial charge < -0.3 is 9.47 Å². The molecule has 0 N–H and O–H groups in total. The van der Waals surface area contributed by atoms with Crippen molar-refractivity contribution in [1.29, 1.82) is 0 Å². The van der Waals surface area contributed by atoms with Crippen molar-refractivity contribution in [2.24, 2.45) is 57.2 Å². The summed E-state index contributed by atoms with van der Waals surface area (Å²) >= 11 is 0. The van der Waals surface area contributed by atoms with Gasteiger partial charge in [0.1, 0.15) is 6.10 Å². The number of hydrogen-bond donors (Lipinski definition) is 0. The molecule has 6 fully saturated rings. The highest BCUT2D eigenvalue weighted by molar-refractivity contribution is 5.82. The Morgan fingerprint density at radius 2 is 1.87 bits per heavy atom. The van der Waals surface area contributed by atoms with Gasteiger partial charge in [0.15, 0.2) is 0 Å². The van der Waals surface area contributed by atoms with Gasteiger partial charge in [-0.2, -0.15) is 0 Å². The van der Waals surface area contributed by atoms with Gasteiger partial charge in [-0.15, -0.1) is 0 Å². The molecule has 4 bridgehead atoms. The summed E-state index contributed by atoms with van der Waals surface area (Å²) in [6.07, 6.45) is 7.38. The fourth-order valence-electron chi connectivity index (χ4n) is 9.55. The first kappa shape index (κ1) is 19.6. The van der Waals surface area contributed by atoms with Gasteiger partial charge in [-0.05, 0) is 84.9 Å². The van der Waals surface area contributed by atoms with E-state index in [0.29, 0.717) is 30.8 Å². The van der Waals surface area contributed by atoms with Crippen LogP contribution in [0.3, 0.4) is 0 Å². The van der Waals surface area contributed by atoms with Gasteiger partial charge >= 0.3 is 11.9 Å². The second kappa shape index (κ2) is 5.64. The van der Waals surface area contributed by atoms with Crippen LogP contribution >= 0.6 is 0 Å². The highest BCUT2D eigenvalue weighted by atomic mass is 16.5. The molecule has 0 radical (unpaired) electrons. The van der Waals surface area contributed by atoms with Crippen LogP contribution in [0.2, 0.25) is 0 Å². The van der Waals surface area contributed by atoms with E-state index >= 15 is 0 Å². The molecule has 6 rings (SSSR count). The first-order valence-corrected chi connectivity index (χ1v) is 12.3. The number of ether oxygens (including phenoxy) is 2. The molecular formula is C26H38O4. The monoisotopic (exact) mass is 414 g/mol. The second-order valence-corrected chi connectivity index (χ2v) is 13.9. The summed E-state index contributed by atoms with van der Waals surface area (Å²) in [6, 6.07) is 0. The predicted octanol–water partition coefficient (Wildman–Crippen LogP) is 5.00. The number of hydrogen-bond acceptors (Lipinski definition) is 4. The van der Waals surface area contributed by atoms with Crippen LogP contribution in [0.5, 0.6) is 0 Å². The van der Waals surface area contributed by atoms with E-state index in [1.807, 2.05) is 0 Å². The molecule has 9 unspecified atom stereocenters. The molecule has 0 aromatic rings. The molecule has 5 saturated carbocycles. The quantitative estimate of drug-likeness (QED) is 0.482. The lowest BCUT2D eigenvalue weighted by Gasteiger charge is -2.45. The van der Waals surface area contributed by atoms with Crippen LogP contribution in [0.25, 0.3) is 0 Å². The van der Waals surface area contributed by atoms with Gasteiger partial charge in [-0.3, -0.25) is 9.59 Å². The molecule has 30 heavy (non-hydrogen) atoms. The summed E-state index contributed by atoms with van der Waals surface area (Å²) in [5.41, 5.74) is -0.0177. The van der Waals surface area contributed by atoms with Gasteiger partial charge in [0, 0.05) is 5.41 Å². The average molecular weight is 415 g/mol. The van der Waals surface area contributed by atoms with E-state index in [-0.39, 0.29) is 39.7 Å².